The number of amides is 1. The number of rotatable bonds is 4. The van der Waals surface area contributed by atoms with Gasteiger partial charge in [-0.05, 0) is 12.8 Å². The summed E-state index contributed by atoms with van der Waals surface area (Å²) < 4.78 is 26.3. The van der Waals surface area contributed by atoms with Crippen molar-refractivity contribution in [3.8, 4) is 0 Å². The number of aromatic nitrogens is 2. The van der Waals surface area contributed by atoms with Crippen LogP contribution in [0.2, 0.25) is 0 Å². The first-order chi connectivity index (χ1) is 10.4. The van der Waals surface area contributed by atoms with E-state index in [1.807, 2.05) is 16.0 Å². The fourth-order valence-electron chi connectivity index (χ4n) is 2.67. The Bertz CT molecular complexity index is 772. The highest BCUT2D eigenvalue weighted by molar-refractivity contribution is 7.88. The van der Waals surface area contributed by atoms with Crippen molar-refractivity contribution < 1.29 is 13.2 Å². The number of hydrogen-bond acceptors (Lipinski definition) is 5. The molecule has 0 aliphatic carbocycles. The number of carbonyl (C=O) groups is 1. The van der Waals surface area contributed by atoms with Crippen LogP contribution in [0.4, 0.5) is 0 Å². The summed E-state index contributed by atoms with van der Waals surface area (Å²) in [5, 5.41) is 4.92. The molecule has 0 radical (unpaired) electrons. The van der Waals surface area contributed by atoms with Gasteiger partial charge in [0, 0.05) is 36.8 Å². The third kappa shape index (κ3) is 3.16. The number of carbonyl (C=O) groups excluding carboxylic acids is 1. The van der Waals surface area contributed by atoms with Gasteiger partial charge in [-0.2, -0.15) is 0 Å². The van der Waals surface area contributed by atoms with Gasteiger partial charge in [0.15, 0.2) is 4.96 Å². The standard InChI is InChI=1S/C13H18N4O3S2/c1-22(19,20)16-5-2-10(3-6-16)12(18)15-8-11-9-21-13-14-4-7-17(11)13/h4,7,9-10H,2-3,5-6,8H2,1H3,(H,15,18). The zero-order chi connectivity index (χ0) is 15.7. The zero-order valence-electron chi connectivity index (χ0n) is 12.2. The number of nitrogens with one attached hydrogen (secondary N) is 1. The van der Waals surface area contributed by atoms with E-state index in [4.69, 9.17) is 0 Å². The lowest BCUT2D eigenvalue weighted by atomic mass is 9.97. The maximum absolute atomic E-state index is 12.2. The minimum absolute atomic E-state index is 0.00684. The van der Waals surface area contributed by atoms with Crippen molar-refractivity contribution in [1.82, 2.24) is 19.0 Å². The molecular weight excluding hydrogens is 324 g/mol. The number of sulfonamides is 1. The molecule has 7 nitrogen and oxygen atoms in total. The van der Waals surface area contributed by atoms with E-state index in [-0.39, 0.29) is 11.8 Å². The van der Waals surface area contributed by atoms with Crippen LogP contribution in [-0.4, -0.2) is 47.4 Å². The molecule has 3 rings (SSSR count). The second kappa shape index (κ2) is 5.98. The van der Waals surface area contributed by atoms with Gasteiger partial charge in [-0.3, -0.25) is 9.20 Å². The average molecular weight is 342 g/mol. The summed E-state index contributed by atoms with van der Waals surface area (Å²) in [5.41, 5.74) is 0.999. The van der Waals surface area contributed by atoms with E-state index in [0.717, 1.165) is 10.7 Å². The van der Waals surface area contributed by atoms with Gasteiger partial charge in [-0.25, -0.2) is 17.7 Å². The Labute approximate surface area is 133 Å². The van der Waals surface area contributed by atoms with Crippen molar-refractivity contribution in [2.75, 3.05) is 19.3 Å². The molecule has 9 heteroatoms. The Balaban J connectivity index is 1.54. The fraction of sp³-hybridized carbons (Fsp3) is 0.538. The summed E-state index contributed by atoms with van der Waals surface area (Å²) in [6.45, 7) is 1.30. The van der Waals surface area contributed by atoms with Gasteiger partial charge in [0.2, 0.25) is 15.9 Å². The quantitative estimate of drug-likeness (QED) is 0.886. The summed E-state index contributed by atoms with van der Waals surface area (Å²) in [6.07, 6.45) is 5.96. The first kappa shape index (κ1) is 15.4. The number of nitrogens with zero attached hydrogens (tertiary/aromatic N) is 3. The maximum Gasteiger partial charge on any atom is 0.223 e. The summed E-state index contributed by atoms with van der Waals surface area (Å²) in [7, 11) is -3.15. The monoisotopic (exact) mass is 342 g/mol. The molecule has 0 aromatic carbocycles. The van der Waals surface area contributed by atoms with Crippen molar-refractivity contribution in [2.24, 2.45) is 5.92 Å². The van der Waals surface area contributed by atoms with Crippen LogP contribution >= 0.6 is 11.3 Å². The minimum Gasteiger partial charge on any atom is -0.350 e. The Hall–Kier alpha value is -1.45. The number of piperidine rings is 1. The second-order valence-electron chi connectivity index (χ2n) is 5.46. The molecule has 1 aliphatic heterocycles. The maximum atomic E-state index is 12.2. The second-order valence-corrected chi connectivity index (χ2v) is 8.28. The number of imidazole rings is 1. The van der Waals surface area contributed by atoms with Crippen LogP contribution in [0.3, 0.4) is 0 Å². The predicted molar refractivity (Wildman–Crippen MR) is 84.1 cm³/mol. The number of hydrogen-bond donors (Lipinski definition) is 1. The molecule has 2 aromatic rings. The van der Waals surface area contributed by atoms with E-state index in [1.54, 1.807) is 6.20 Å². The lowest BCUT2D eigenvalue weighted by molar-refractivity contribution is -0.126. The van der Waals surface area contributed by atoms with Gasteiger partial charge < -0.3 is 5.32 Å². The molecule has 0 saturated carbocycles. The van der Waals surface area contributed by atoms with Crippen LogP contribution in [-0.2, 0) is 21.4 Å². The smallest absolute Gasteiger partial charge is 0.223 e. The van der Waals surface area contributed by atoms with E-state index in [1.165, 1.54) is 21.9 Å². The fourth-order valence-corrected chi connectivity index (χ4v) is 4.40. The van der Waals surface area contributed by atoms with Gasteiger partial charge in [0.1, 0.15) is 0 Å². The summed E-state index contributed by atoms with van der Waals surface area (Å²) in [6, 6.07) is 0. The molecule has 1 N–H and O–H groups in total. The van der Waals surface area contributed by atoms with Gasteiger partial charge in [-0.1, -0.05) is 0 Å². The number of thiazole rings is 1. The molecule has 3 heterocycles. The molecular formula is C13H18N4O3S2. The van der Waals surface area contributed by atoms with Gasteiger partial charge in [0.05, 0.1) is 18.5 Å². The Kier molecular flexibility index (Phi) is 4.20. The van der Waals surface area contributed by atoms with Crippen molar-refractivity contribution >= 4 is 32.2 Å². The largest absolute Gasteiger partial charge is 0.350 e. The molecule has 0 atom stereocenters. The van der Waals surface area contributed by atoms with Gasteiger partial charge in [0.25, 0.3) is 0 Å². The average Bonchev–Trinajstić information content (AvgIpc) is 3.07. The van der Waals surface area contributed by atoms with Crippen molar-refractivity contribution in [3.63, 3.8) is 0 Å². The first-order valence-corrected chi connectivity index (χ1v) is 9.80. The predicted octanol–water partition coefficient (Wildman–Crippen LogP) is 0.684. The third-order valence-electron chi connectivity index (χ3n) is 3.95. The van der Waals surface area contributed by atoms with Crippen LogP contribution in [0.25, 0.3) is 4.96 Å². The van der Waals surface area contributed by atoms with E-state index in [0.29, 0.717) is 32.5 Å². The highest BCUT2D eigenvalue weighted by Crippen LogP contribution is 2.20. The van der Waals surface area contributed by atoms with Crippen molar-refractivity contribution in [1.29, 1.82) is 0 Å². The number of fused-ring (bicyclic) bond motifs is 1. The van der Waals surface area contributed by atoms with E-state index < -0.39 is 10.0 Å². The summed E-state index contributed by atoms with van der Waals surface area (Å²) in [5.74, 6) is -0.123. The molecule has 1 amide bonds. The zero-order valence-corrected chi connectivity index (χ0v) is 13.9. The first-order valence-electron chi connectivity index (χ1n) is 7.07. The normalized spacial score (nSPS) is 17.9. The highest BCUT2D eigenvalue weighted by atomic mass is 32.2. The lowest BCUT2D eigenvalue weighted by Crippen LogP contribution is -2.42. The van der Waals surface area contributed by atoms with E-state index >= 15 is 0 Å². The van der Waals surface area contributed by atoms with Crippen molar-refractivity contribution in [2.45, 2.75) is 19.4 Å². The topological polar surface area (TPSA) is 83.8 Å². The molecule has 0 bridgehead atoms. The summed E-state index contributed by atoms with van der Waals surface area (Å²) >= 11 is 1.54. The molecule has 1 saturated heterocycles. The molecule has 120 valence electrons. The molecule has 0 unspecified atom stereocenters. The Morgan fingerprint density at radius 1 is 1.45 bits per heavy atom. The summed E-state index contributed by atoms with van der Waals surface area (Å²) in [4.78, 5) is 17.3. The van der Waals surface area contributed by atoms with Crippen LogP contribution in [0, 0.1) is 5.92 Å². The Morgan fingerprint density at radius 2 is 2.18 bits per heavy atom. The SMILES string of the molecule is CS(=O)(=O)N1CCC(C(=O)NCc2csc3nccn23)CC1. The minimum atomic E-state index is -3.15. The van der Waals surface area contributed by atoms with Crippen LogP contribution < -0.4 is 5.32 Å². The third-order valence-corrected chi connectivity index (χ3v) is 6.16. The molecule has 22 heavy (non-hydrogen) atoms. The van der Waals surface area contributed by atoms with Gasteiger partial charge in [-0.15, -0.1) is 11.3 Å². The van der Waals surface area contributed by atoms with Gasteiger partial charge >= 0.3 is 0 Å². The van der Waals surface area contributed by atoms with E-state index in [9.17, 15) is 13.2 Å². The Morgan fingerprint density at radius 3 is 2.86 bits per heavy atom. The molecule has 1 fully saturated rings. The van der Waals surface area contributed by atoms with Crippen LogP contribution in [0.5, 0.6) is 0 Å². The lowest BCUT2D eigenvalue weighted by Gasteiger charge is -2.29. The molecule has 0 spiro atoms. The highest BCUT2D eigenvalue weighted by Gasteiger charge is 2.28. The van der Waals surface area contributed by atoms with Crippen molar-refractivity contribution in [3.05, 3.63) is 23.5 Å². The van der Waals surface area contributed by atoms with E-state index in [2.05, 4.69) is 10.3 Å². The van der Waals surface area contributed by atoms with Crippen LogP contribution in [0.1, 0.15) is 18.5 Å². The molecule has 2 aromatic heterocycles. The van der Waals surface area contributed by atoms with Crippen LogP contribution in [0.15, 0.2) is 17.8 Å². The molecule has 1 aliphatic rings.